The first-order valence-corrected chi connectivity index (χ1v) is 8.75. The van der Waals surface area contributed by atoms with E-state index in [1.807, 2.05) is 76.2 Å². The predicted molar refractivity (Wildman–Crippen MR) is 102 cm³/mol. The molecule has 0 aliphatic rings. The Morgan fingerprint density at radius 2 is 1.44 bits per heavy atom. The third-order valence-electron chi connectivity index (χ3n) is 2.89. The summed E-state index contributed by atoms with van der Waals surface area (Å²) in [7, 11) is 0. The number of hydrogen-bond acceptors (Lipinski definition) is 3. The molecule has 0 aliphatic carbocycles. The van der Waals surface area contributed by atoms with Gasteiger partial charge in [-0.1, -0.05) is 64.1 Å². The lowest BCUT2D eigenvalue weighted by atomic mass is 10.2. The summed E-state index contributed by atoms with van der Waals surface area (Å²) < 4.78 is 0. The zero-order valence-electron chi connectivity index (χ0n) is 15.6. The monoisotopic (exact) mass is 343 g/mol. The molecule has 2 aromatic rings. The van der Waals surface area contributed by atoms with Crippen LogP contribution < -0.4 is 10.6 Å². The number of amides is 2. The van der Waals surface area contributed by atoms with E-state index < -0.39 is 11.8 Å². The predicted octanol–water partition coefficient (Wildman–Crippen LogP) is 3.11. The molecule has 5 heteroatoms. The topological polar surface area (TPSA) is 71.1 Å². The van der Waals surface area contributed by atoms with Gasteiger partial charge in [-0.25, -0.2) is 0 Å². The van der Waals surface area contributed by atoms with Crippen molar-refractivity contribution in [2.45, 2.75) is 40.7 Å². The smallest absolute Gasteiger partial charge is 0.309 e. The molecule has 25 heavy (non-hydrogen) atoms. The normalized spacial score (nSPS) is 8.80. The summed E-state index contributed by atoms with van der Waals surface area (Å²) in [5, 5.41) is 5.16. The van der Waals surface area contributed by atoms with E-state index in [9.17, 15) is 9.59 Å². The minimum absolute atomic E-state index is 0.341. The van der Waals surface area contributed by atoms with E-state index in [1.165, 1.54) is 0 Å². The van der Waals surface area contributed by atoms with Crippen molar-refractivity contribution in [3.63, 3.8) is 0 Å². The van der Waals surface area contributed by atoms with Crippen LogP contribution in [0, 0.1) is 0 Å². The van der Waals surface area contributed by atoms with E-state index in [-0.39, 0.29) is 0 Å². The zero-order valence-corrected chi connectivity index (χ0v) is 15.6. The molecule has 1 aromatic carbocycles. The average Bonchev–Trinajstić information content (AvgIpc) is 2.70. The largest absolute Gasteiger partial charge is 0.347 e. The first-order chi connectivity index (χ1) is 12.3. The standard InChI is InChI=1S/C16H17N3O2.2C2H6/c20-15(18-11-9-14-8-4-5-10-17-14)16(21)19-12-13-6-2-1-3-7-13;2*1-2/h1-8,10H,9,11-12H2,(H,18,20)(H,19,21);2*1-2H3. The maximum absolute atomic E-state index is 11.6. The van der Waals surface area contributed by atoms with Gasteiger partial charge in [0.05, 0.1) is 0 Å². The molecule has 0 aliphatic heterocycles. The number of hydrogen-bond donors (Lipinski definition) is 2. The van der Waals surface area contributed by atoms with Gasteiger partial charge in [0.1, 0.15) is 0 Å². The van der Waals surface area contributed by atoms with Gasteiger partial charge in [-0.2, -0.15) is 0 Å². The number of nitrogens with one attached hydrogen (secondary N) is 2. The molecule has 0 fully saturated rings. The zero-order chi connectivity index (χ0) is 18.9. The number of carbonyl (C=O) groups excluding carboxylic acids is 2. The van der Waals surface area contributed by atoms with Crippen LogP contribution in [0.4, 0.5) is 0 Å². The Labute approximate surface area is 150 Å². The summed E-state index contributed by atoms with van der Waals surface area (Å²) in [5.41, 5.74) is 1.83. The minimum atomic E-state index is -0.625. The molecule has 0 unspecified atom stereocenters. The summed E-state index contributed by atoms with van der Waals surface area (Å²) in [6, 6.07) is 15.0. The van der Waals surface area contributed by atoms with Crippen molar-refractivity contribution >= 4 is 11.8 Å². The first-order valence-electron chi connectivity index (χ1n) is 8.75. The molecule has 0 saturated carbocycles. The second-order valence-corrected chi connectivity index (χ2v) is 4.50. The van der Waals surface area contributed by atoms with Gasteiger partial charge in [0.2, 0.25) is 0 Å². The third kappa shape index (κ3) is 9.91. The van der Waals surface area contributed by atoms with Crippen LogP contribution in [0.1, 0.15) is 39.0 Å². The lowest BCUT2D eigenvalue weighted by molar-refractivity contribution is -0.139. The van der Waals surface area contributed by atoms with Crippen molar-refractivity contribution < 1.29 is 9.59 Å². The Balaban J connectivity index is 0.00000134. The lowest BCUT2D eigenvalue weighted by Gasteiger charge is -2.06. The van der Waals surface area contributed by atoms with Gasteiger partial charge < -0.3 is 10.6 Å². The van der Waals surface area contributed by atoms with E-state index in [2.05, 4.69) is 15.6 Å². The van der Waals surface area contributed by atoms with Gasteiger partial charge in [-0.05, 0) is 17.7 Å². The molecule has 136 valence electrons. The summed E-state index contributed by atoms with van der Waals surface area (Å²) in [5.74, 6) is -1.25. The molecular formula is C20H29N3O2. The Morgan fingerprint density at radius 1 is 0.840 bits per heavy atom. The van der Waals surface area contributed by atoms with Crippen molar-refractivity contribution in [3.8, 4) is 0 Å². The van der Waals surface area contributed by atoms with E-state index in [4.69, 9.17) is 0 Å². The van der Waals surface area contributed by atoms with E-state index in [0.717, 1.165) is 11.3 Å². The van der Waals surface area contributed by atoms with E-state index in [1.54, 1.807) is 6.20 Å². The van der Waals surface area contributed by atoms with Crippen LogP contribution >= 0.6 is 0 Å². The Kier molecular flexibility index (Phi) is 13.3. The fourth-order valence-electron chi connectivity index (χ4n) is 1.79. The van der Waals surface area contributed by atoms with E-state index >= 15 is 0 Å². The van der Waals surface area contributed by atoms with Gasteiger partial charge in [0.15, 0.2) is 0 Å². The van der Waals surface area contributed by atoms with Gasteiger partial charge in [-0.3, -0.25) is 14.6 Å². The molecule has 5 nitrogen and oxygen atoms in total. The second kappa shape index (κ2) is 14.9. The molecule has 0 spiro atoms. The molecule has 2 rings (SSSR count). The Bertz CT molecular complexity index is 586. The number of carbonyl (C=O) groups is 2. The van der Waals surface area contributed by atoms with Crippen molar-refractivity contribution in [2.24, 2.45) is 0 Å². The maximum atomic E-state index is 11.6. The van der Waals surface area contributed by atoms with Crippen molar-refractivity contribution in [1.82, 2.24) is 15.6 Å². The van der Waals surface area contributed by atoms with Crippen molar-refractivity contribution in [1.29, 1.82) is 0 Å². The van der Waals surface area contributed by atoms with Gasteiger partial charge >= 0.3 is 11.8 Å². The highest BCUT2D eigenvalue weighted by molar-refractivity contribution is 6.35. The molecule has 1 aromatic heterocycles. The van der Waals surface area contributed by atoms with Gasteiger partial charge in [0, 0.05) is 31.4 Å². The lowest BCUT2D eigenvalue weighted by Crippen LogP contribution is -2.40. The molecule has 0 bridgehead atoms. The first kappa shape index (κ1) is 22.3. The number of pyridine rings is 1. The second-order valence-electron chi connectivity index (χ2n) is 4.50. The SMILES string of the molecule is CC.CC.O=C(NCCc1ccccn1)C(=O)NCc1ccccc1. The quantitative estimate of drug-likeness (QED) is 0.820. The average molecular weight is 343 g/mol. The molecule has 0 radical (unpaired) electrons. The molecule has 1 heterocycles. The highest BCUT2D eigenvalue weighted by Gasteiger charge is 2.12. The Hall–Kier alpha value is -2.69. The molecular weight excluding hydrogens is 314 g/mol. The summed E-state index contributed by atoms with van der Waals surface area (Å²) in [6.07, 6.45) is 2.29. The minimum Gasteiger partial charge on any atom is -0.347 e. The van der Waals surface area contributed by atoms with Gasteiger partial charge in [0.25, 0.3) is 0 Å². The number of rotatable bonds is 5. The van der Waals surface area contributed by atoms with Gasteiger partial charge in [-0.15, -0.1) is 0 Å². The fourth-order valence-corrected chi connectivity index (χ4v) is 1.79. The third-order valence-corrected chi connectivity index (χ3v) is 2.89. The summed E-state index contributed by atoms with van der Waals surface area (Å²) in [4.78, 5) is 27.4. The molecule has 2 N–H and O–H groups in total. The fraction of sp³-hybridized carbons (Fsp3) is 0.350. The highest BCUT2D eigenvalue weighted by Crippen LogP contribution is 1.97. The van der Waals surface area contributed by atoms with Crippen LogP contribution in [0.2, 0.25) is 0 Å². The van der Waals surface area contributed by atoms with Crippen LogP contribution in [0.25, 0.3) is 0 Å². The summed E-state index contributed by atoms with van der Waals surface area (Å²) in [6.45, 7) is 8.72. The Morgan fingerprint density at radius 3 is 2.04 bits per heavy atom. The van der Waals surface area contributed by atoms with Crippen LogP contribution in [-0.2, 0) is 22.6 Å². The number of nitrogens with zero attached hydrogens (tertiary/aromatic N) is 1. The van der Waals surface area contributed by atoms with Crippen molar-refractivity contribution in [3.05, 3.63) is 66.0 Å². The molecule has 2 amide bonds. The number of benzene rings is 1. The number of aromatic nitrogens is 1. The maximum Gasteiger partial charge on any atom is 0.309 e. The molecule has 0 saturated heterocycles. The van der Waals surface area contributed by atoms with Crippen molar-refractivity contribution in [2.75, 3.05) is 6.54 Å². The van der Waals surface area contributed by atoms with Crippen LogP contribution in [-0.4, -0.2) is 23.3 Å². The molecule has 0 atom stereocenters. The van der Waals surface area contributed by atoms with E-state index in [0.29, 0.717) is 19.5 Å². The summed E-state index contributed by atoms with van der Waals surface area (Å²) >= 11 is 0. The highest BCUT2D eigenvalue weighted by atomic mass is 16.2. The van der Waals surface area contributed by atoms with Crippen LogP contribution in [0.3, 0.4) is 0 Å². The van der Waals surface area contributed by atoms with Crippen LogP contribution in [0.5, 0.6) is 0 Å². The van der Waals surface area contributed by atoms with Crippen LogP contribution in [0.15, 0.2) is 54.7 Å².